The van der Waals surface area contributed by atoms with Crippen molar-refractivity contribution < 1.29 is 4.74 Å². The number of benzene rings is 1. The Morgan fingerprint density at radius 2 is 2.08 bits per heavy atom. The van der Waals surface area contributed by atoms with Crippen molar-refractivity contribution in [3.8, 4) is 6.01 Å². The van der Waals surface area contributed by atoms with E-state index in [1.54, 1.807) is 12.4 Å². The Bertz CT molecular complexity index is 342. The molecule has 2 rings (SSSR count). The summed E-state index contributed by atoms with van der Waals surface area (Å²) in [5.74, 6) is 0. The Hall–Kier alpha value is -1.77. The number of hydrogen-bond donors (Lipinski definition) is 1. The van der Waals surface area contributed by atoms with Crippen molar-refractivity contribution in [3.05, 3.63) is 48.3 Å². The molecule has 0 bridgehead atoms. The van der Waals surface area contributed by atoms with Gasteiger partial charge in [-0.15, -0.1) is 0 Å². The summed E-state index contributed by atoms with van der Waals surface area (Å²) < 4.78 is 5.37. The molecule has 2 aromatic rings. The van der Waals surface area contributed by atoms with Crippen molar-refractivity contribution in [2.75, 3.05) is 0 Å². The van der Waals surface area contributed by atoms with Crippen molar-refractivity contribution in [2.45, 2.75) is 6.61 Å². The molecule has 0 aliphatic carbocycles. The van der Waals surface area contributed by atoms with Gasteiger partial charge >= 0.3 is 0 Å². The number of aromatic amines is 1. The van der Waals surface area contributed by atoms with Gasteiger partial charge in [0.05, 0.1) is 0 Å². The van der Waals surface area contributed by atoms with E-state index in [1.807, 2.05) is 30.3 Å². The molecule has 0 atom stereocenters. The van der Waals surface area contributed by atoms with Crippen LogP contribution in [0.2, 0.25) is 0 Å². The maximum atomic E-state index is 5.37. The molecular weight excluding hydrogens is 164 g/mol. The van der Waals surface area contributed by atoms with Gasteiger partial charge in [-0.05, 0) is 5.56 Å². The molecule has 13 heavy (non-hydrogen) atoms. The van der Waals surface area contributed by atoms with E-state index in [1.165, 1.54) is 0 Å². The zero-order chi connectivity index (χ0) is 8.93. The quantitative estimate of drug-likeness (QED) is 0.772. The first-order chi connectivity index (χ1) is 6.45. The highest BCUT2D eigenvalue weighted by atomic mass is 16.5. The van der Waals surface area contributed by atoms with Crippen molar-refractivity contribution in [1.29, 1.82) is 0 Å². The molecule has 1 heterocycles. The van der Waals surface area contributed by atoms with E-state index < -0.39 is 0 Å². The standard InChI is InChI=1S/C10H10N2O/c1-2-4-9(5-3-1)8-13-10-11-6-7-12-10/h1-7H,8H2,(H,11,12). The lowest BCUT2D eigenvalue weighted by Gasteiger charge is -2.01. The fourth-order valence-electron chi connectivity index (χ4n) is 1.06. The highest BCUT2D eigenvalue weighted by Crippen LogP contribution is 2.04. The number of imidazole rings is 1. The number of H-pyrrole nitrogens is 1. The molecule has 0 aliphatic heterocycles. The molecule has 0 aliphatic rings. The lowest BCUT2D eigenvalue weighted by molar-refractivity contribution is 0.284. The zero-order valence-electron chi connectivity index (χ0n) is 7.10. The molecular formula is C10H10N2O. The van der Waals surface area contributed by atoms with Crippen LogP contribution >= 0.6 is 0 Å². The maximum absolute atomic E-state index is 5.37. The van der Waals surface area contributed by atoms with Crippen LogP contribution in [0.3, 0.4) is 0 Å². The van der Waals surface area contributed by atoms with Gasteiger partial charge in [0.25, 0.3) is 6.01 Å². The minimum atomic E-state index is 0.550. The highest BCUT2D eigenvalue weighted by molar-refractivity contribution is 5.14. The van der Waals surface area contributed by atoms with Gasteiger partial charge in [0.2, 0.25) is 0 Å². The summed E-state index contributed by atoms with van der Waals surface area (Å²) in [6.45, 7) is 0.550. The summed E-state index contributed by atoms with van der Waals surface area (Å²) >= 11 is 0. The summed E-state index contributed by atoms with van der Waals surface area (Å²) in [5, 5.41) is 0. The van der Waals surface area contributed by atoms with E-state index in [2.05, 4.69) is 9.97 Å². The van der Waals surface area contributed by atoms with E-state index in [4.69, 9.17) is 4.74 Å². The van der Waals surface area contributed by atoms with Crippen LogP contribution in [0.15, 0.2) is 42.7 Å². The Labute approximate surface area is 76.4 Å². The van der Waals surface area contributed by atoms with Gasteiger partial charge in [0.15, 0.2) is 0 Å². The molecule has 66 valence electrons. The summed E-state index contributed by atoms with van der Waals surface area (Å²) in [5.41, 5.74) is 1.14. The van der Waals surface area contributed by atoms with Gasteiger partial charge in [0, 0.05) is 12.4 Å². The molecule has 3 heteroatoms. The van der Waals surface area contributed by atoms with Gasteiger partial charge in [0.1, 0.15) is 6.61 Å². The number of aromatic nitrogens is 2. The van der Waals surface area contributed by atoms with Crippen LogP contribution in [0, 0.1) is 0 Å². The number of rotatable bonds is 3. The molecule has 0 unspecified atom stereocenters. The van der Waals surface area contributed by atoms with Crippen LogP contribution in [0.5, 0.6) is 6.01 Å². The number of nitrogens with one attached hydrogen (secondary N) is 1. The smallest absolute Gasteiger partial charge is 0.293 e. The van der Waals surface area contributed by atoms with Crippen LogP contribution in [0.4, 0.5) is 0 Å². The van der Waals surface area contributed by atoms with Crippen molar-refractivity contribution in [3.63, 3.8) is 0 Å². The molecule has 0 radical (unpaired) electrons. The van der Waals surface area contributed by atoms with Crippen molar-refractivity contribution >= 4 is 0 Å². The minimum Gasteiger partial charge on any atom is -0.460 e. The second kappa shape index (κ2) is 3.76. The maximum Gasteiger partial charge on any atom is 0.293 e. The molecule has 1 aromatic carbocycles. The van der Waals surface area contributed by atoms with Crippen LogP contribution in [-0.4, -0.2) is 9.97 Å². The molecule has 1 aromatic heterocycles. The summed E-state index contributed by atoms with van der Waals surface area (Å²) in [4.78, 5) is 6.83. The first-order valence-electron chi connectivity index (χ1n) is 4.11. The monoisotopic (exact) mass is 174 g/mol. The predicted molar refractivity (Wildman–Crippen MR) is 49.4 cm³/mol. The number of nitrogens with zero attached hydrogens (tertiary/aromatic N) is 1. The predicted octanol–water partition coefficient (Wildman–Crippen LogP) is 1.99. The first-order valence-corrected chi connectivity index (χ1v) is 4.11. The third-order valence-corrected chi connectivity index (χ3v) is 1.69. The van der Waals surface area contributed by atoms with E-state index in [-0.39, 0.29) is 0 Å². The van der Waals surface area contributed by atoms with E-state index in [9.17, 15) is 0 Å². The van der Waals surface area contributed by atoms with Crippen LogP contribution in [0.1, 0.15) is 5.56 Å². The van der Waals surface area contributed by atoms with Gasteiger partial charge in [-0.2, -0.15) is 0 Å². The van der Waals surface area contributed by atoms with Crippen LogP contribution < -0.4 is 4.74 Å². The second-order valence-electron chi connectivity index (χ2n) is 2.67. The largest absolute Gasteiger partial charge is 0.460 e. The SMILES string of the molecule is c1ccc(COc2ncc[nH]2)cc1. The zero-order valence-corrected chi connectivity index (χ0v) is 7.10. The first kappa shape index (κ1) is 7.86. The number of ether oxygens (including phenoxy) is 1. The Morgan fingerprint density at radius 3 is 2.77 bits per heavy atom. The molecule has 3 nitrogen and oxygen atoms in total. The van der Waals surface area contributed by atoms with Gasteiger partial charge < -0.3 is 9.72 Å². The average molecular weight is 174 g/mol. The molecule has 0 saturated heterocycles. The molecule has 0 fully saturated rings. The topological polar surface area (TPSA) is 37.9 Å². The Balaban J connectivity index is 1.94. The fraction of sp³-hybridized carbons (Fsp3) is 0.100. The highest BCUT2D eigenvalue weighted by Gasteiger charge is 1.94. The van der Waals surface area contributed by atoms with E-state index in [0.717, 1.165) is 5.56 Å². The summed E-state index contributed by atoms with van der Waals surface area (Å²) in [6.07, 6.45) is 3.40. The molecule has 0 amide bonds. The fourth-order valence-corrected chi connectivity index (χ4v) is 1.06. The van der Waals surface area contributed by atoms with Crippen LogP contribution in [0.25, 0.3) is 0 Å². The Morgan fingerprint density at radius 1 is 1.23 bits per heavy atom. The van der Waals surface area contributed by atoms with E-state index >= 15 is 0 Å². The van der Waals surface area contributed by atoms with Crippen LogP contribution in [-0.2, 0) is 6.61 Å². The summed E-state index contributed by atoms with van der Waals surface area (Å²) in [6, 6.07) is 10.5. The Kier molecular flexibility index (Phi) is 2.27. The van der Waals surface area contributed by atoms with Gasteiger partial charge in [-0.25, -0.2) is 4.98 Å². The van der Waals surface area contributed by atoms with Gasteiger partial charge in [-0.3, -0.25) is 0 Å². The molecule has 1 N–H and O–H groups in total. The molecule has 0 spiro atoms. The minimum absolute atomic E-state index is 0.550. The van der Waals surface area contributed by atoms with Gasteiger partial charge in [-0.1, -0.05) is 30.3 Å². The third-order valence-electron chi connectivity index (χ3n) is 1.69. The van der Waals surface area contributed by atoms with Crippen molar-refractivity contribution in [1.82, 2.24) is 9.97 Å². The summed E-state index contributed by atoms with van der Waals surface area (Å²) in [7, 11) is 0. The van der Waals surface area contributed by atoms with E-state index in [0.29, 0.717) is 12.6 Å². The molecule has 0 saturated carbocycles. The average Bonchev–Trinajstić information content (AvgIpc) is 2.69. The number of hydrogen-bond acceptors (Lipinski definition) is 2. The lowest BCUT2D eigenvalue weighted by Crippen LogP contribution is -1.95. The lowest BCUT2D eigenvalue weighted by atomic mass is 10.2. The normalized spacial score (nSPS) is 9.85. The third kappa shape index (κ3) is 2.08. The van der Waals surface area contributed by atoms with Crippen molar-refractivity contribution in [2.24, 2.45) is 0 Å². The second-order valence-corrected chi connectivity index (χ2v) is 2.67.